The molecule has 10 heteroatoms. The van der Waals surface area contributed by atoms with Crippen LogP contribution in [0.15, 0.2) is 22.8 Å². The van der Waals surface area contributed by atoms with Crippen LogP contribution in [0.25, 0.3) is 0 Å². The summed E-state index contributed by atoms with van der Waals surface area (Å²) in [5, 5.41) is 45.8. The fraction of sp³-hybridized carbons (Fsp3) is 0.720. The van der Waals surface area contributed by atoms with Crippen molar-refractivity contribution in [2.45, 2.75) is 103 Å². The van der Waals surface area contributed by atoms with Gasteiger partial charge in [-0.1, -0.05) is 19.9 Å². The van der Waals surface area contributed by atoms with Crippen molar-refractivity contribution in [3.63, 3.8) is 0 Å². The van der Waals surface area contributed by atoms with E-state index in [-0.39, 0.29) is 11.1 Å². The third-order valence-corrected chi connectivity index (χ3v) is 7.97. The zero-order valence-corrected chi connectivity index (χ0v) is 21.2. The van der Waals surface area contributed by atoms with Crippen LogP contribution in [0.3, 0.4) is 0 Å². The Kier molecular flexibility index (Phi) is 7.02. The van der Waals surface area contributed by atoms with Crippen LogP contribution in [0, 0.1) is 11.8 Å². The van der Waals surface area contributed by atoms with Crippen LogP contribution in [-0.4, -0.2) is 79.6 Å². The number of esters is 3. The molecular formula is C25H36O10. The second-order valence-electron chi connectivity index (χ2n) is 10.4. The molecule has 9 atom stereocenters. The van der Waals surface area contributed by atoms with E-state index in [1.54, 1.807) is 33.8 Å². The predicted octanol–water partition coefficient (Wildman–Crippen LogP) is 0.692. The smallest absolute Gasteiger partial charge is 0.341 e. The van der Waals surface area contributed by atoms with E-state index in [0.29, 0.717) is 12.0 Å². The Balaban J connectivity index is 2.17. The lowest BCUT2D eigenvalue weighted by molar-refractivity contribution is -0.210. The maximum atomic E-state index is 12.7. The van der Waals surface area contributed by atoms with Crippen LogP contribution in [-0.2, 0) is 28.6 Å². The molecule has 35 heavy (non-hydrogen) atoms. The molecule has 10 nitrogen and oxygen atoms in total. The average molecular weight is 497 g/mol. The van der Waals surface area contributed by atoms with E-state index in [1.165, 1.54) is 13.8 Å². The Bertz CT molecular complexity index is 977. The SMILES string of the molecule is CC=C(C)C(=O)O[C@H]1C(C)=C2[C@H]([C@@H]1O)[C@@](C)(O)C[C@H](OC(=O)[C@@H](C)CC)[C@@]1(O)[C@H]2OC(=O)[C@@]1(C)O. The lowest BCUT2D eigenvalue weighted by Gasteiger charge is -2.40. The van der Waals surface area contributed by atoms with Gasteiger partial charge in [-0.25, -0.2) is 9.59 Å². The second kappa shape index (κ2) is 8.99. The Labute approximate surface area is 204 Å². The molecule has 2 aliphatic carbocycles. The number of aliphatic hydroxyl groups is 4. The quantitative estimate of drug-likeness (QED) is 0.185. The summed E-state index contributed by atoms with van der Waals surface area (Å²) in [6.45, 7) is 10.6. The number of hydrogen-bond acceptors (Lipinski definition) is 10. The van der Waals surface area contributed by atoms with E-state index in [2.05, 4.69) is 0 Å². The van der Waals surface area contributed by atoms with Crippen molar-refractivity contribution in [3.8, 4) is 0 Å². The zero-order valence-electron chi connectivity index (χ0n) is 21.2. The summed E-state index contributed by atoms with van der Waals surface area (Å²) in [6.07, 6.45) is -4.20. The summed E-state index contributed by atoms with van der Waals surface area (Å²) in [5.74, 6) is -4.20. The van der Waals surface area contributed by atoms with E-state index in [1.807, 2.05) is 0 Å². The number of carbonyl (C=O) groups is 3. The molecule has 1 aliphatic heterocycles. The van der Waals surface area contributed by atoms with Gasteiger partial charge < -0.3 is 34.6 Å². The Morgan fingerprint density at radius 2 is 1.83 bits per heavy atom. The highest BCUT2D eigenvalue weighted by molar-refractivity contribution is 5.88. The Morgan fingerprint density at radius 1 is 1.23 bits per heavy atom. The molecule has 4 N–H and O–H groups in total. The van der Waals surface area contributed by atoms with Gasteiger partial charge in [0.15, 0.2) is 17.3 Å². The summed E-state index contributed by atoms with van der Waals surface area (Å²) in [5.41, 5.74) is -6.11. The van der Waals surface area contributed by atoms with Gasteiger partial charge in [0.25, 0.3) is 0 Å². The highest BCUT2D eigenvalue weighted by atomic mass is 16.6. The maximum absolute atomic E-state index is 12.7. The molecule has 0 aromatic rings. The first-order valence-electron chi connectivity index (χ1n) is 11.9. The van der Waals surface area contributed by atoms with Gasteiger partial charge in [0, 0.05) is 17.9 Å². The number of allylic oxidation sites excluding steroid dienone is 1. The monoisotopic (exact) mass is 496 g/mol. The van der Waals surface area contributed by atoms with Crippen molar-refractivity contribution in [2.75, 3.05) is 0 Å². The van der Waals surface area contributed by atoms with Crippen LogP contribution in [0.5, 0.6) is 0 Å². The molecule has 3 rings (SSSR count). The minimum Gasteiger partial charge on any atom is -0.459 e. The van der Waals surface area contributed by atoms with E-state index in [0.717, 1.165) is 6.92 Å². The third-order valence-electron chi connectivity index (χ3n) is 7.97. The average Bonchev–Trinajstić information content (AvgIpc) is 3.11. The molecule has 1 heterocycles. The summed E-state index contributed by atoms with van der Waals surface area (Å²) in [4.78, 5) is 37.8. The summed E-state index contributed by atoms with van der Waals surface area (Å²) in [7, 11) is 0. The molecule has 0 bridgehead atoms. The fourth-order valence-electron chi connectivity index (χ4n) is 5.31. The van der Waals surface area contributed by atoms with Crippen LogP contribution in [0.4, 0.5) is 0 Å². The Hall–Kier alpha value is -2.27. The van der Waals surface area contributed by atoms with Gasteiger partial charge in [0.2, 0.25) is 0 Å². The van der Waals surface area contributed by atoms with Gasteiger partial charge in [-0.3, -0.25) is 4.79 Å². The maximum Gasteiger partial charge on any atom is 0.341 e. The molecular weight excluding hydrogens is 460 g/mol. The minimum atomic E-state index is -2.50. The molecule has 1 saturated heterocycles. The Morgan fingerprint density at radius 3 is 2.37 bits per heavy atom. The van der Waals surface area contributed by atoms with Gasteiger partial charge in [-0.15, -0.1) is 0 Å². The zero-order chi connectivity index (χ0) is 26.7. The second-order valence-corrected chi connectivity index (χ2v) is 10.4. The summed E-state index contributed by atoms with van der Waals surface area (Å²) < 4.78 is 16.6. The molecule has 0 radical (unpaired) electrons. The number of ether oxygens (including phenoxy) is 3. The summed E-state index contributed by atoms with van der Waals surface area (Å²) >= 11 is 0. The normalized spacial score (nSPS) is 42.1. The molecule has 2 fully saturated rings. The molecule has 0 aromatic heterocycles. The topological polar surface area (TPSA) is 160 Å². The lowest BCUT2D eigenvalue weighted by Crippen LogP contribution is -2.64. The van der Waals surface area contributed by atoms with Crippen LogP contribution in [0.1, 0.15) is 61.3 Å². The molecule has 0 unspecified atom stereocenters. The van der Waals surface area contributed by atoms with Crippen molar-refractivity contribution in [1.82, 2.24) is 0 Å². The number of rotatable bonds is 5. The largest absolute Gasteiger partial charge is 0.459 e. The minimum absolute atomic E-state index is 0.120. The van der Waals surface area contributed by atoms with Gasteiger partial charge >= 0.3 is 17.9 Å². The first kappa shape index (κ1) is 27.3. The molecule has 1 saturated carbocycles. The van der Waals surface area contributed by atoms with Crippen LogP contribution >= 0.6 is 0 Å². The van der Waals surface area contributed by atoms with Crippen molar-refractivity contribution in [3.05, 3.63) is 22.8 Å². The van der Waals surface area contributed by atoms with Gasteiger partial charge in [-0.05, 0) is 52.2 Å². The standard InChI is InChI=1S/C25H36O10/c1-8-11(3)20(27)33-14-10-23(6,30)16-15(19-25(14,32)24(7,31)22(29)35-19)13(5)18(17(16)26)34-21(28)12(4)9-2/h9,11,14,16-19,26,30-32H,8,10H2,1-7H3/t11-,14-,16+,17-,18-,19-,23-,24+,25+/m0/s1. The highest BCUT2D eigenvalue weighted by Gasteiger charge is 2.75. The first-order valence-corrected chi connectivity index (χ1v) is 11.9. The molecule has 0 spiro atoms. The molecule has 196 valence electrons. The number of hydrogen-bond donors (Lipinski definition) is 4. The van der Waals surface area contributed by atoms with E-state index >= 15 is 0 Å². The molecule has 0 amide bonds. The third kappa shape index (κ3) is 4.00. The number of carbonyl (C=O) groups excluding carboxylic acids is 3. The van der Waals surface area contributed by atoms with Gasteiger partial charge in [0.1, 0.15) is 18.3 Å². The van der Waals surface area contributed by atoms with Crippen molar-refractivity contribution < 1.29 is 49.0 Å². The number of aliphatic hydroxyl groups excluding tert-OH is 1. The van der Waals surface area contributed by atoms with Crippen molar-refractivity contribution in [2.24, 2.45) is 11.8 Å². The van der Waals surface area contributed by atoms with Crippen molar-refractivity contribution in [1.29, 1.82) is 0 Å². The molecule has 0 aromatic carbocycles. The first-order chi connectivity index (χ1) is 16.1. The van der Waals surface area contributed by atoms with E-state index < -0.39 is 77.4 Å². The lowest BCUT2D eigenvalue weighted by atomic mass is 9.75. The van der Waals surface area contributed by atoms with Crippen LogP contribution in [0.2, 0.25) is 0 Å². The fourth-order valence-corrected chi connectivity index (χ4v) is 5.31. The predicted molar refractivity (Wildman–Crippen MR) is 122 cm³/mol. The summed E-state index contributed by atoms with van der Waals surface area (Å²) in [6, 6.07) is 0. The number of fused-ring (bicyclic) bond motifs is 3. The van der Waals surface area contributed by atoms with E-state index in [9.17, 15) is 34.8 Å². The molecule has 3 aliphatic rings. The van der Waals surface area contributed by atoms with Crippen molar-refractivity contribution >= 4 is 17.9 Å². The highest BCUT2D eigenvalue weighted by Crippen LogP contribution is 2.56. The van der Waals surface area contributed by atoms with Gasteiger partial charge in [-0.2, -0.15) is 0 Å². The van der Waals surface area contributed by atoms with Gasteiger partial charge in [0.05, 0.1) is 11.5 Å². The van der Waals surface area contributed by atoms with E-state index in [4.69, 9.17) is 14.2 Å². The van der Waals surface area contributed by atoms with Crippen LogP contribution < -0.4 is 0 Å².